The number of likely N-dealkylation sites (tertiary alicyclic amines) is 1. The van der Waals surface area contributed by atoms with Crippen LogP contribution in [0, 0.1) is 23.2 Å². The number of carbonyl (C=O) groups excluding carboxylic acids is 6. The van der Waals surface area contributed by atoms with Crippen LogP contribution in [0.25, 0.3) is 0 Å². The minimum absolute atomic E-state index is 0.0616. The van der Waals surface area contributed by atoms with Gasteiger partial charge in [0.2, 0.25) is 17.6 Å². The van der Waals surface area contributed by atoms with E-state index in [4.69, 9.17) is 9.47 Å². The maximum absolute atomic E-state index is 14.0. The fourth-order valence-electron chi connectivity index (χ4n) is 5.19. The van der Waals surface area contributed by atoms with E-state index in [1.807, 2.05) is 41.5 Å². The molecular formula is C31H51N5O8. The lowest BCUT2D eigenvalue weighted by Gasteiger charge is -2.37. The fourth-order valence-corrected chi connectivity index (χ4v) is 5.19. The van der Waals surface area contributed by atoms with Gasteiger partial charge in [-0.05, 0) is 49.9 Å². The van der Waals surface area contributed by atoms with E-state index in [2.05, 4.69) is 27.8 Å². The summed E-state index contributed by atoms with van der Waals surface area (Å²) < 4.78 is 10.1. The van der Waals surface area contributed by atoms with Crippen molar-refractivity contribution in [2.45, 2.75) is 105 Å². The Bertz CT molecular complexity index is 1090. The largest absolute Gasteiger partial charge is 0.508 e. The van der Waals surface area contributed by atoms with Crippen molar-refractivity contribution in [2.24, 2.45) is 23.2 Å². The number of fused-ring (bicyclic) bond motifs is 1. The Morgan fingerprint density at radius 2 is 1.68 bits per heavy atom. The number of amides is 5. The molecule has 1 saturated heterocycles. The SMILES string of the molecule is C=CCNC(=O)C(=O)C(CCC)NC(=O)C1[C@H]2C[C@H]2CN1C(=O)C(NC(=O)N[C@H](COC(=O)OC(C)C)C(C)C)C(C)(C)C. The van der Waals surface area contributed by atoms with Crippen LogP contribution < -0.4 is 21.3 Å². The Morgan fingerprint density at radius 1 is 1.02 bits per heavy atom. The third-order valence-corrected chi connectivity index (χ3v) is 7.76. The molecule has 248 valence electrons. The van der Waals surface area contributed by atoms with Crippen LogP contribution in [-0.2, 0) is 28.7 Å². The van der Waals surface area contributed by atoms with Gasteiger partial charge in [0.15, 0.2) is 0 Å². The Labute approximate surface area is 260 Å². The first-order valence-corrected chi connectivity index (χ1v) is 15.5. The van der Waals surface area contributed by atoms with Crippen molar-refractivity contribution in [3.8, 4) is 0 Å². The molecule has 2 aliphatic rings. The first-order chi connectivity index (χ1) is 20.5. The number of hydrogen-bond acceptors (Lipinski definition) is 8. The molecule has 0 aromatic carbocycles. The van der Waals surface area contributed by atoms with Gasteiger partial charge in [0, 0.05) is 13.1 Å². The smallest absolute Gasteiger partial charge is 0.432 e. The van der Waals surface area contributed by atoms with Crippen LogP contribution in [0.3, 0.4) is 0 Å². The van der Waals surface area contributed by atoms with Crippen molar-refractivity contribution in [3.63, 3.8) is 0 Å². The van der Waals surface area contributed by atoms with E-state index in [9.17, 15) is 28.8 Å². The third kappa shape index (κ3) is 10.2. The van der Waals surface area contributed by atoms with Gasteiger partial charge < -0.3 is 35.6 Å². The van der Waals surface area contributed by atoms with Crippen LogP contribution in [0.2, 0.25) is 0 Å². The van der Waals surface area contributed by atoms with Crippen molar-refractivity contribution >= 4 is 35.7 Å². The molecular weight excluding hydrogens is 570 g/mol. The average molecular weight is 622 g/mol. The van der Waals surface area contributed by atoms with Gasteiger partial charge in [-0.25, -0.2) is 9.59 Å². The molecule has 0 bridgehead atoms. The van der Waals surface area contributed by atoms with Crippen molar-refractivity contribution in [1.29, 1.82) is 0 Å². The molecule has 5 amide bonds. The molecule has 4 N–H and O–H groups in total. The van der Waals surface area contributed by atoms with Gasteiger partial charge in [-0.3, -0.25) is 19.2 Å². The third-order valence-electron chi connectivity index (χ3n) is 7.76. The molecule has 0 aromatic heterocycles. The molecule has 0 aromatic rings. The van der Waals surface area contributed by atoms with E-state index in [1.54, 1.807) is 13.8 Å². The van der Waals surface area contributed by atoms with Gasteiger partial charge in [0.25, 0.3) is 5.91 Å². The lowest BCUT2D eigenvalue weighted by molar-refractivity contribution is -0.144. The number of Topliss-reactive ketones (excluding diaryl/α,β-unsaturated/α-hetero) is 1. The maximum atomic E-state index is 14.0. The zero-order valence-corrected chi connectivity index (χ0v) is 27.4. The number of urea groups is 1. The van der Waals surface area contributed by atoms with Crippen molar-refractivity contribution in [3.05, 3.63) is 12.7 Å². The molecule has 1 aliphatic carbocycles. The molecule has 2 fully saturated rings. The zero-order valence-electron chi connectivity index (χ0n) is 27.4. The summed E-state index contributed by atoms with van der Waals surface area (Å²) in [4.78, 5) is 79.2. The van der Waals surface area contributed by atoms with Gasteiger partial charge in [-0.1, -0.05) is 54.0 Å². The Balaban J connectivity index is 2.16. The second-order valence-corrected chi connectivity index (χ2v) is 13.3. The van der Waals surface area contributed by atoms with E-state index in [0.717, 1.165) is 6.42 Å². The number of hydrogen-bond donors (Lipinski definition) is 4. The van der Waals surface area contributed by atoms with Crippen LogP contribution >= 0.6 is 0 Å². The first kappa shape index (κ1) is 36.6. The Hall–Kier alpha value is -3.64. The molecule has 44 heavy (non-hydrogen) atoms. The molecule has 6 atom stereocenters. The first-order valence-electron chi connectivity index (χ1n) is 15.5. The number of nitrogens with zero attached hydrogens (tertiary/aromatic N) is 1. The minimum Gasteiger partial charge on any atom is -0.432 e. The average Bonchev–Trinajstić information content (AvgIpc) is 3.58. The molecule has 0 radical (unpaired) electrons. The highest BCUT2D eigenvalue weighted by molar-refractivity contribution is 6.38. The van der Waals surface area contributed by atoms with E-state index in [-0.39, 0.29) is 43.4 Å². The highest BCUT2D eigenvalue weighted by Crippen LogP contribution is 2.50. The Morgan fingerprint density at radius 3 is 2.23 bits per heavy atom. The fraction of sp³-hybridized carbons (Fsp3) is 0.742. The molecule has 1 saturated carbocycles. The number of carbonyl (C=O) groups is 6. The van der Waals surface area contributed by atoms with Gasteiger partial charge in [0.05, 0.1) is 18.2 Å². The van der Waals surface area contributed by atoms with E-state index >= 15 is 0 Å². The monoisotopic (exact) mass is 621 g/mol. The Kier molecular flexibility index (Phi) is 13.2. The van der Waals surface area contributed by atoms with Crippen molar-refractivity contribution in [2.75, 3.05) is 19.7 Å². The van der Waals surface area contributed by atoms with Gasteiger partial charge in [-0.15, -0.1) is 6.58 Å². The normalized spacial score (nSPS) is 21.0. The molecule has 2 rings (SSSR count). The number of ether oxygens (including phenoxy) is 2. The quantitative estimate of drug-likeness (QED) is 0.123. The van der Waals surface area contributed by atoms with Crippen LogP contribution in [0.1, 0.15) is 74.7 Å². The van der Waals surface area contributed by atoms with Crippen molar-refractivity contribution < 1.29 is 38.2 Å². The predicted octanol–water partition coefficient (Wildman–Crippen LogP) is 2.29. The summed E-state index contributed by atoms with van der Waals surface area (Å²) >= 11 is 0. The molecule has 0 spiro atoms. The summed E-state index contributed by atoms with van der Waals surface area (Å²) in [6.07, 6.45) is 1.86. The number of piperidine rings is 1. The van der Waals surface area contributed by atoms with E-state index in [0.29, 0.717) is 13.0 Å². The maximum Gasteiger partial charge on any atom is 0.508 e. The van der Waals surface area contributed by atoms with Crippen molar-refractivity contribution in [1.82, 2.24) is 26.2 Å². The molecule has 1 aliphatic heterocycles. The molecule has 13 heteroatoms. The minimum atomic E-state index is -1.03. The highest BCUT2D eigenvalue weighted by Gasteiger charge is 2.58. The predicted molar refractivity (Wildman–Crippen MR) is 163 cm³/mol. The second kappa shape index (κ2) is 15.9. The van der Waals surface area contributed by atoms with Gasteiger partial charge >= 0.3 is 12.2 Å². The summed E-state index contributed by atoms with van der Waals surface area (Å²) in [5.74, 6) is -2.49. The molecule has 3 unspecified atom stereocenters. The van der Waals surface area contributed by atoms with Crippen LogP contribution in [0.4, 0.5) is 9.59 Å². The summed E-state index contributed by atoms with van der Waals surface area (Å²) in [5, 5.41) is 10.7. The summed E-state index contributed by atoms with van der Waals surface area (Å²) in [5.41, 5.74) is -0.725. The van der Waals surface area contributed by atoms with E-state index < -0.39 is 65.3 Å². The number of rotatable bonds is 15. The van der Waals surface area contributed by atoms with E-state index in [1.165, 1.54) is 11.0 Å². The summed E-state index contributed by atoms with van der Waals surface area (Å²) in [6.45, 7) is 18.2. The highest BCUT2D eigenvalue weighted by atomic mass is 16.7. The lowest BCUT2D eigenvalue weighted by atomic mass is 9.85. The second-order valence-electron chi connectivity index (χ2n) is 13.3. The molecule has 13 nitrogen and oxygen atoms in total. The van der Waals surface area contributed by atoms with Gasteiger partial charge in [-0.2, -0.15) is 0 Å². The summed E-state index contributed by atoms with van der Waals surface area (Å²) in [7, 11) is 0. The summed E-state index contributed by atoms with van der Waals surface area (Å²) in [6, 6.07) is -4.02. The lowest BCUT2D eigenvalue weighted by Crippen LogP contribution is -2.61. The van der Waals surface area contributed by atoms with Crippen LogP contribution in [-0.4, -0.2) is 90.6 Å². The van der Waals surface area contributed by atoms with Crippen LogP contribution in [0.15, 0.2) is 12.7 Å². The van der Waals surface area contributed by atoms with Crippen LogP contribution in [0.5, 0.6) is 0 Å². The number of nitrogens with one attached hydrogen (secondary N) is 4. The molecule has 1 heterocycles. The topological polar surface area (TPSA) is 172 Å². The van der Waals surface area contributed by atoms with Gasteiger partial charge in [0.1, 0.15) is 18.7 Å². The zero-order chi connectivity index (χ0) is 33.4. The standard InChI is InChI=1S/C31H51N5O8/c1-10-12-21(24(37)27(39)32-13-11-2)33-26(38)23-20-14-19(20)15-36(23)28(40)25(31(7,8)9)35-29(41)34-22(17(3)4)16-43-30(42)44-18(5)6/h11,17-23,25H,2,10,12-16H2,1,3-9H3,(H,32,39)(H,33,38)(H2,34,35,41)/t19-,20-,21?,22+,23?,25?/m0/s1. The number of ketones is 1.